The van der Waals surface area contributed by atoms with Crippen molar-refractivity contribution < 1.29 is 10.0 Å². The highest BCUT2D eigenvalue weighted by Gasteiger charge is 2.27. The summed E-state index contributed by atoms with van der Waals surface area (Å²) in [6.07, 6.45) is -0.0455. The van der Waals surface area contributed by atoms with Crippen molar-refractivity contribution in [1.82, 2.24) is 9.55 Å². The molecule has 1 rings (SSSR count). The van der Waals surface area contributed by atoms with Crippen molar-refractivity contribution in [1.29, 1.82) is 0 Å². The fraction of sp³-hybridized carbons (Fsp3) is 0.429. The molecule has 0 fully saturated rings. The lowest BCUT2D eigenvalue weighted by Gasteiger charge is -2.11. The summed E-state index contributed by atoms with van der Waals surface area (Å²) in [4.78, 5) is 13.7. The van der Waals surface area contributed by atoms with Gasteiger partial charge in [0.25, 0.3) is 0 Å². The molecule has 1 radical (unpaired) electrons. The summed E-state index contributed by atoms with van der Waals surface area (Å²) < 4.78 is 1.12. The number of halogens is 1. The smallest absolute Gasteiger partial charge is 0.344 e. The van der Waals surface area contributed by atoms with Gasteiger partial charge in [-0.2, -0.15) is 4.57 Å². The summed E-state index contributed by atoms with van der Waals surface area (Å²) in [6, 6.07) is 0. The molecule has 1 N–H and O–H groups in total. The van der Waals surface area contributed by atoms with Crippen molar-refractivity contribution in [2.75, 3.05) is 0 Å². The van der Waals surface area contributed by atoms with Crippen molar-refractivity contribution in [3.63, 3.8) is 0 Å². The molecule has 0 aliphatic heterocycles. The monoisotopic (exact) mass is 218 g/mol. The molecule has 14 heavy (non-hydrogen) atoms. The Hall–Kier alpha value is -1.14. The van der Waals surface area contributed by atoms with Crippen LogP contribution in [0.5, 0.6) is 0 Å². The van der Waals surface area contributed by atoms with Gasteiger partial charge in [0.05, 0.1) is 0 Å². The highest BCUT2D eigenvalue weighted by Crippen LogP contribution is 2.25. The van der Waals surface area contributed by atoms with Crippen LogP contribution >= 0.6 is 11.6 Å². The number of alkyl halides is 1. The molecule has 0 saturated heterocycles. The van der Waals surface area contributed by atoms with Gasteiger partial charge >= 0.3 is 5.82 Å². The zero-order chi connectivity index (χ0) is 10.9. The van der Waals surface area contributed by atoms with Gasteiger partial charge in [0.15, 0.2) is 5.82 Å². The van der Waals surface area contributed by atoms with E-state index in [0.29, 0.717) is 5.82 Å². The first-order chi connectivity index (χ1) is 6.45. The Morgan fingerprint density at radius 1 is 1.86 bits per heavy atom. The summed E-state index contributed by atoms with van der Waals surface area (Å²) in [5.41, 5.74) is -0.988. The Labute approximate surface area is 85.3 Å². The van der Waals surface area contributed by atoms with Crippen LogP contribution in [-0.4, -0.2) is 25.7 Å². The van der Waals surface area contributed by atoms with Gasteiger partial charge in [-0.1, -0.05) is 11.6 Å². The SMILES string of the molecule is [CH2]C(O)C(Cl)n1c([N+](=O)[O-])cnc1C. The Bertz CT molecular complexity index is 350. The quantitative estimate of drug-likeness (QED) is 0.467. The zero-order valence-electron chi connectivity index (χ0n) is 7.42. The minimum Gasteiger partial charge on any atom is -0.387 e. The highest BCUT2D eigenvalue weighted by molar-refractivity contribution is 6.19. The molecule has 1 aromatic heterocycles. The van der Waals surface area contributed by atoms with E-state index < -0.39 is 16.5 Å². The molecule has 0 bridgehead atoms. The van der Waals surface area contributed by atoms with E-state index in [-0.39, 0.29) is 5.82 Å². The molecule has 0 spiro atoms. The Morgan fingerprint density at radius 3 is 2.86 bits per heavy atom. The first-order valence-electron chi connectivity index (χ1n) is 3.78. The van der Waals surface area contributed by atoms with Crippen LogP contribution in [0.1, 0.15) is 11.3 Å². The Morgan fingerprint density at radius 2 is 2.43 bits per heavy atom. The number of aryl methyl sites for hydroxylation is 1. The number of aliphatic hydroxyl groups is 1. The maximum atomic E-state index is 10.5. The summed E-state index contributed by atoms with van der Waals surface area (Å²) in [7, 11) is 0. The third-order valence-electron chi connectivity index (χ3n) is 1.71. The molecule has 0 saturated carbocycles. The summed E-state index contributed by atoms with van der Waals surface area (Å²) in [5, 5.41) is 19.7. The van der Waals surface area contributed by atoms with E-state index in [0.717, 1.165) is 10.8 Å². The molecule has 0 aromatic carbocycles. The fourth-order valence-corrected chi connectivity index (χ4v) is 1.29. The molecular weight excluding hydrogens is 210 g/mol. The second kappa shape index (κ2) is 3.93. The van der Waals surface area contributed by atoms with Crippen LogP contribution in [0.2, 0.25) is 0 Å². The molecule has 77 valence electrons. The zero-order valence-corrected chi connectivity index (χ0v) is 8.18. The van der Waals surface area contributed by atoms with Gasteiger partial charge in [-0.25, -0.2) is 4.98 Å². The second-order valence-corrected chi connectivity index (χ2v) is 3.18. The van der Waals surface area contributed by atoms with Crippen LogP contribution in [0.15, 0.2) is 6.20 Å². The molecule has 1 aromatic rings. The van der Waals surface area contributed by atoms with Gasteiger partial charge < -0.3 is 15.2 Å². The number of nitro groups is 1. The number of aliphatic hydroxyl groups excluding tert-OH is 1. The number of rotatable bonds is 3. The number of imidazole rings is 1. The van der Waals surface area contributed by atoms with Gasteiger partial charge in [-0.05, 0) is 11.8 Å². The van der Waals surface area contributed by atoms with Gasteiger partial charge in [-0.15, -0.1) is 0 Å². The molecule has 0 aliphatic carbocycles. The molecule has 2 unspecified atom stereocenters. The average molecular weight is 219 g/mol. The molecule has 0 amide bonds. The third kappa shape index (κ3) is 1.85. The molecule has 1 heterocycles. The minimum absolute atomic E-state index is 0.259. The van der Waals surface area contributed by atoms with Crippen molar-refractivity contribution in [2.45, 2.75) is 18.5 Å². The van der Waals surface area contributed by atoms with E-state index >= 15 is 0 Å². The highest BCUT2D eigenvalue weighted by atomic mass is 35.5. The summed E-state index contributed by atoms with van der Waals surface area (Å²) in [5.74, 6) is 0.101. The molecule has 0 aliphatic rings. The van der Waals surface area contributed by atoms with E-state index in [1.165, 1.54) is 0 Å². The van der Waals surface area contributed by atoms with E-state index in [9.17, 15) is 10.1 Å². The van der Waals surface area contributed by atoms with Crippen LogP contribution in [-0.2, 0) is 0 Å². The largest absolute Gasteiger partial charge is 0.387 e. The maximum absolute atomic E-state index is 10.5. The molecular formula is C7H9ClN3O3. The number of hydrogen-bond donors (Lipinski definition) is 1. The normalized spacial score (nSPS) is 15.1. The van der Waals surface area contributed by atoms with E-state index in [2.05, 4.69) is 11.9 Å². The van der Waals surface area contributed by atoms with E-state index in [4.69, 9.17) is 16.7 Å². The lowest BCUT2D eigenvalue weighted by Crippen LogP contribution is -2.18. The van der Waals surface area contributed by atoms with E-state index in [1.54, 1.807) is 6.92 Å². The summed E-state index contributed by atoms with van der Waals surface area (Å²) in [6.45, 7) is 4.85. The molecule has 7 heteroatoms. The second-order valence-electron chi connectivity index (χ2n) is 2.73. The fourth-order valence-electron chi connectivity index (χ4n) is 1.05. The van der Waals surface area contributed by atoms with Crippen LogP contribution in [0.4, 0.5) is 5.82 Å². The maximum Gasteiger partial charge on any atom is 0.344 e. The molecule has 2 atom stereocenters. The van der Waals surface area contributed by atoms with Crippen LogP contribution in [0.3, 0.4) is 0 Å². The first kappa shape index (κ1) is 10.9. The van der Waals surface area contributed by atoms with Crippen LogP contribution in [0.25, 0.3) is 0 Å². The lowest BCUT2D eigenvalue weighted by molar-refractivity contribution is -0.392. The van der Waals surface area contributed by atoms with Crippen molar-refractivity contribution in [2.24, 2.45) is 0 Å². The van der Waals surface area contributed by atoms with Gasteiger partial charge in [0.2, 0.25) is 5.50 Å². The van der Waals surface area contributed by atoms with Crippen LogP contribution in [0, 0.1) is 24.0 Å². The van der Waals surface area contributed by atoms with Crippen LogP contribution < -0.4 is 0 Å². The molecule has 6 nitrogen and oxygen atoms in total. The third-order valence-corrected chi connectivity index (χ3v) is 2.20. The van der Waals surface area contributed by atoms with Gasteiger partial charge in [0, 0.05) is 6.92 Å². The predicted octanol–water partition coefficient (Wildman–Crippen LogP) is 1.03. The lowest BCUT2D eigenvalue weighted by atomic mass is 10.4. The number of hydrogen-bond acceptors (Lipinski definition) is 4. The summed E-state index contributed by atoms with van der Waals surface area (Å²) >= 11 is 5.74. The number of aromatic nitrogens is 2. The Kier molecular flexibility index (Phi) is 3.07. The van der Waals surface area contributed by atoms with E-state index in [1.807, 2.05) is 0 Å². The van der Waals surface area contributed by atoms with Crippen molar-refractivity contribution >= 4 is 17.4 Å². The topological polar surface area (TPSA) is 81.2 Å². The standard InChI is InChI=1S/C7H9ClN3O3/c1-4(12)7(8)10-5(2)9-3-6(10)11(13)14/h3-4,7,12H,1H2,2H3. The minimum atomic E-state index is -1.14. The predicted molar refractivity (Wildman–Crippen MR) is 49.9 cm³/mol. The average Bonchev–Trinajstić information content (AvgIpc) is 2.45. The van der Waals surface area contributed by atoms with Crippen molar-refractivity contribution in [3.8, 4) is 0 Å². The Balaban J connectivity index is 3.17. The van der Waals surface area contributed by atoms with Crippen molar-refractivity contribution in [3.05, 3.63) is 29.1 Å². The van der Waals surface area contributed by atoms with Gasteiger partial charge in [-0.3, -0.25) is 0 Å². The number of nitrogens with zero attached hydrogens (tertiary/aromatic N) is 3. The first-order valence-corrected chi connectivity index (χ1v) is 4.22. The van der Waals surface area contributed by atoms with Gasteiger partial charge in [0.1, 0.15) is 12.3 Å².